The van der Waals surface area contributed by atoms with Gasteiger partial charge in [-0.3, -0.25) is 0 Å². The summed E-state index contributed by atoms with van der Waals surface area (Å²) in [5, 5.41) is 8.96. The van der Waals surface area contributed by atoms with Gasteiger partial charge in [0.25, 0.3) is 0 Å². The van der Waals surface area contributed by atoms with E-state index in [0.29, 0.717) is 5.76 Å². The summed E-state index contributed by atoms with van der Waals surface area (Å²) in [6.45, 7) is 3.44. The lowest BCUT2D eigenvalue weighted by Crippen LogP contribution is -1.90. The van der Waals surface area contributed by atoms with Crippen molar-refractivity contribution in [3.05, 3.63) is 17.8 Å². The van der Waals surface area contributed by atoms with Crippen LogP contribution in [-0.4, -0.2) is 10.1 Å². The van der Waals surface area contributed by atoms with Crippen LogP contribution < -0.4 is 0 Å². The summed E-state index contributed by atoms with van der Waals surface area (Å²) in [6.07, 6.45) is 0.782. The van der Waals surface area contributed by atoms with Crippen molar-refractivity contribution in [1.82, 2.24) is 4.98 Å². The van der Waals surface area contributed by atoms with E-state index >= 15 is 0 Å². The Hall–Kier alpha value is -0.830. The summed E-state index contributed by atoms with van der Waals surface area (Å²) >= 11 is 0. The molecule has 9 heavy (non-hydrogen) atoms. The third-order valence-electron chi connectivity index (χ3n) is 1.16. The van der Waals surface area contributed by atoms with Crippen molar-refractivity contribution in [2.45, 2.75) is 20.0 Å². The molecule has 0 fully saturated rings. The predicted molar refractivity (Wildman–Crippen MR) is 31.9 cm³/mol. The Balaban J connectivity index is 2.94. The molecule has 1 atom stereocenters. The fourth-order valence-corrected chi connectivity index (χ4v) is 0.712. The maximum absolute atomic E-state index is 8.96. The molecule has 0 bridgehead atoms. The zero-order valence-corrected chi connectivity index (χ0v) is 5.46. The van der Waals surface area contributed by atoms with Gasteiger partial charge in [0.05, 0.1) is 5.69 Å². The Kier molecular flexibility index (Phi) is 1.53. The van der Waals surface area contributed by atoms with Crippen LogP contribution in [0.25, 0.3) is 0 Å². The molecule has 1 aromatic heterocycles. The minimum atomic E-state index is -0.549. The molecule has 0 amide bonds. The van der Waals surface area contributed by atoms with Crippen LogP contribution in [0.5, 0.6) is 0 Å². The van der Waals surface area contributed by atoms with E-state index in [0.717, 1.165) is 5.69 Å². The predicted octanol–water partition coefficient (Wildman–Crippen LogP) is 1.04. The molecule has 0 spiro atoms. The van der Waals surface area contributed by atoms with Crippen molar-refractivity contribution in [2.75, 3.05) is 0 Å². The molecule has 1 unspecified atom stereocenters. The molecule has 50 valence electrons. The van der Waals surface area contributed by atoms with Crippen LogP contribution >= 0.6 is 0 Å². The summed E-state index contributed by atoms with van der Waals surface area (Å²) in [5.41, 5.74) is 0.755. The second-order valence-corrected chi connectivity index (χ2v) is 1.98. The highest BCUT2D eigenvalue weighted by molar-refractivity contribution is 5.06. The minimum absolute atomic E-state index is 0.549. The summed E-state index contributed by atoms with van der Waals surface area (Å²) in [7, 11) is 0. The molecule has 1 N–H and O–H groups in total. The van der Waals surface area contributed by atoms with Gasteiger partial charge in [0.1, 0.15) is 6.10 Å². The molecule has 0 aromatic carbocycles. The van der Waals surface area contributed by atoms with Gasteiger partial charge in [-0.15, -0.1) is 0 Å². The zero-order chi connectivity index (χ0) is 6.85. The van der Waals surface area contributed by atoms with E-state index in [-0.39, 0.29) is 0 Å². The first-order valence-electron chi connectivity index (χ1n) is 2.80. The van der Waals surface area contributed by atoms with Gasteiger partial charge >= 0.3 is 0 Å². The number of aliphatic hydroxyl groups is 1. The van der Waals surface area contributed by atoms with Crippen molar-refractivity contribution in [2.24, 2.45) is 0 Å². The standard InChI is InChI=1S/C6H9NO2/c1-4-6(5(2)8)9-3-7-4/h3,5,8H,1-2H3. The Morgan fingerprint density at radius 1 is 1.78 bits per heavy atom. The first-order chi connectivity index (χ1) is 4.22. The van der Waals surface area contributed by atoms with Gasteiger partial charge in [-0.05, 0) is 13.8 Å². The Labute approximate surface area is 53.3 Å². The largest absolute Gasteiger partial charge is 0.445 e. The average Bonchev–Trinajstić information content (AvgIpc) is 2.13. The van der Waals surface area contributed by atoms with E-state index in [1.165, 1.54) is 6.39 Å². The number of oxazole rings is 1. The van der Waals surface area contributed by atoms with E-state index in [4.69, 9.17) is 9.52 Å². The normalized spacial score (nSPS) is 13.7. The molecule has 1 aromatic rings. The topological polar surface area (TPSA) is 46.3 Å². The van der Waals surface area contributed by atoms with Crippen LogP contribution in [0.3, 0.4) is 0 Å². The Morgan fingerprint density at radius 3 is 2.67 bits per heavy atom. The van der Waals surface area contributed by atoms with Gasteiger partial charge in [-0.1, -0.05) is 0 Å². The van der Waals surface area contributed by atoms with Crippen molar-refractivity contribution < 1.29 is 9.52 Å². The maximum Gasteiger partial charge on any atom is 0.181 e. The first kappa shape index (κ1) is 6.29. The van der Waals surface area contributed by atoms with Crippen LogP contribution in [0.15, 0.2) is 10.8 Å². The first-order valence-corrected chi connectivity index (χ1v) is 2.80. The fraction of sp³-hybridized carbons (Fsp3) is 0.500. The number of hydrogen-bond acceptors (Lipinski definition) is 3. The van der Waals surface area contributed by atoms with Gasteiger partial charge in [0.2, 0.25) is 0 Å². The van der Waals surface area contributed by atoms with Crippen LogP contribution in [-0.2, 0) is 0 Å². The number of hydrogen-bond donors (Lipinski definition) is 1. The fourth-order valence-electron chi connectivity index (χ4n) is 0.712. The smallest absolute Gasteiger partial charge is 0.181 e. The van der Waals surface area contributed by atoms with E-state index in [2.05, 4.69) is 4.98 Å². The molecule has 0 radical (unpaired) electrons. The quantitative estimate of drug-likeness (QED) is 0.613. The number of aryl methyl sites for hydroxylation is 1. The van der Waals surface area contributed by atoms with Crippen molar-refractivity contribution in [3.8, 4) is 0 Å². The Bertz CT molecular complexity index is 193. The summed E-state index contributed by atoms with van der Waals surface area (Å²) in [4.78, 5) is 3.81. The maximum atomic E-state index is 8.96. The number of nitrogens with zero attached hydrogens (tertiary/aromatic N) is 1. The molecule has 3 nitrogen and oxygen atoms in total. The molecule has 3 heteroatoms. The van der Waals surface area contributed by atoms with E-state index in [9.17, 15) is 0 Å². The molecular weight excluding hydrogens is 118 g/mol. The van der Waals surface area contributed by atoms with Gasteiger partial charge in [0.15, 0.2) is 12.2 Å². The number of aliphatic hydroxyl groups excluding tert-OH is 1. The third kappa shape index (κ3) is 1.10. The second kappa shape index (κ2) is 2.19. The molecule has 0 aliphatic carbocycles. The lowest BCUT2D eigenvalue weighted by Gasteiger charge is -1.96. The van der Waals surface area contributed by atoms with E-state index in [1.54, 1.807) is 13.8 Å². The molecular formula is C6H9NO2. The van der Waals surface area contributed by atoms with Gasteiger partial charge in [-0.25, -0.2) is 4.98 Å². The lowest BCUT2D eigenvalue weighted by molar-refractivity contribution is 0.168. The second-order valence-electron chi connectivity index (χ2n) is 1.98. The lowest BCUT2D eigenvalue weighted by atomic mass is 10.3. The number of aromatic nitrogens is 1. The highest BCUT2D eigenvalue weighted by atomic mass is 16.4. The zero-order valence-electron chi connectivity index (χ0n) is 5.46. The molecule has 1 rings (SSSR count). The third-order valence-corrected chi connectivity index (χ3v) is 1.16. The molecule has 0 saturated heterocycles. The summed E-state index contributed by atoms with van der Waals surface area (Å²) < 4.78 is 4.86. The monoisotopic (exact) mass is 127 g/mol. The van der Waals surface area contributed by atoms with E-state index in [1.807, 2.05) is 0 Å². The molecule has 0 aliphatic heterocycles. The van der Waals surface area contributed by atoms with Gasteiger partial charge in [-0.2, -0.15) is 0 Å². The highest BCUT2D eigenvalue weighted by Crippen LogP contribution is 2.14. The van der Waals surface area contributed by atoms with Gasteiger partial charge < -0.3 is 9.52 Å². The van der Waals surface area contributed by atoms with Crippen molar-refractivity contribution in [1.29, 1.82) is 0 Å². The van der Waals surface area contributed by atoms with Crippen LogP contribution in [0.2, 0.25) is 0 Å². The van der Waals surface area contributed by atoms with Gasteiger partial charge in [0, 0.05) is 0 Å². The molecule has 0 saturated carbocycles. The SMILES string of the molecule is Cc1ncoc1C(C)O. The van der Waals surface area contributed by atoms with Crippen LogP contribution in [0.1, 0.15) is 24.5 Å². The van der Waals surface area contributed by atoms with Crippen LogP contribution in [0.4, 0.5) is 0 Å². The van der Waals surface area contributed by atoms with E-state index < -0.39 is 6.10 Å². The molecule has 1 heterocycles. The highest BCUT2D eigenvalue weighted by Gasteiger charge is 2.07. The summed E-state index contributed by atoms with van der Waals surface area (Å²) in [6, 6.07) is 0. The Morgan fingerprint density at radius 2 is 2.44 bits per heavy atom. The van der Waals surface area contributed by atoms with Crippen molar-refractivity contribution in [3.63, 3.8) is 0 Å². The summed E-state index contributed by atoms with van der Waals surface area (Å²) in [5.74, 6) is 0.551. The average molecular weight is 127 g/mol. The van der Waals surface area contributed by atoms with Crippen molar-refractivity contribution >= 4 is 0 Å². The number of rotatable bonds is 1. The molecule has 0 aliphatic rings. The minimum Gasteiger partial charge on any atom is -0.445 e. The van der Waals surface area contributed by atoms with Crippen LogP contribution in [0, 0.1) is 6.92 Å².